The third-order valence-electron chi connectivity index (χ3n) is 4.63. The average molecular weight is 387 g/mol. The zero-order valence-corrected chi connectivity index (χ0v) is 16.4. The maximum Gasteiger partial charge on any atom is 0.201 e. The third-order valence-corrected chi connectivity index (χ3v) is 4.86. The quantitative estimate of drug-likeness (QED) is 0.407. The zero-order chi connectivity index (χ0) is 19.3. The van der Waals surface area contributed by atoms with Crippen LogP contribution in [0.4, 0.5) is 4.39 Å². The molecule has 0 aliphatic carbocycles. The molecular weight excluding hydrogens is 367 g/mol. The molecule has 0 fully saturated rings. The Hall–Kier alpha value is -2.40. The smallest absolute Gasteiger partial charge is 0.201 e. The third kappa shape index (κ3) is 3.32. The van der Waals surface area contributed by atoms with E-state index in [1.807, 2.05) is 33.8 Å². The summed E-state index contributed by atoms with van der Waals surface area (Å²) >= 11 is 6.02. The van der Waals surface area contributed by atoms with Crippen molar-refractivity contribution in [2.24, 2.45) is 0 Å². The summed E-state index contributed by atoms with van der Waals surface area (Å²) in [5.41, 5.74) is 2.53. The van der Waals surface area contributed by atoms with E-state index in [2.05, 4.69) is 9.97 Å². The Kier molecular flexibility index (Phi) is 4.22. The topological polar surface area (TPSA) is 52.1 Å². The highest BCUT2D eigenvalue weighted by Crippen LogP contribution is 2.33. The Morgan fingerprint density at radius 3 is 2.52 bits per heavy atom. The largest absolute Gasteiger partial charge is 0.440 e. The predicted octanol–water partition coefficient (Wildman–Crippen LogP) is 6.41. The fourth-order valence-corrected chi connectivity index (χ4v) is 3.29. The number of rotatable bonds is 4. The van der Waals surface area contributed by atoms with Gasteiger partial charge in [-0.05, 0) is 30.2 Å². The van der Waals surface area contributed by atoms with Crippen molar-refractivity contribution in [1.29, 1.82) is 0 Å². The van der Waals surface area contributed by atoms with Crippen molar-refractivity contribution < 1.29 is 13.2 Å². The normalized spacial score (nSPS) is 12.6. The molecule has 4 aromatic rings. The summed E-state index contributed by atoms with van der Waals surface area (Å²) in [6.07, 6.45) is 0.416. The van der Waals surface area contributed by atoms with Crippen molar-refractivity contribution in [3.8, 4) is 0 Å². The standard InChI is InChI=1S/C21H20ClFN2O2/c1-11(2)19-24-16-7-12(14(23)9-18(16)26-19)10-21(3,4)20-25-15-6-5-13(22)8-17(15)27-20/h5-9,11H,10H2,1-4H3. The minimum Gasteiger partial charge on any atom is -0.440 e. The average Bonchev–Trinajstić information content (AvgIpc) is 3.18. The molecule has 0 amide bonds. The van der Waals surface area contributed by atoms with Crippen molar-refractivity contribution in [1.82, 2.24) is 9.97 Å². The van der Waals surface area contributed by atoms with Crippen LogP contribution in [0.3, 0.4) is 0 Å². The fourth-order valence-electron chi connectivity index (χ4n) is 3.13. The number of hydrogen-bond donors (Lipinski definition) is 0. The molecule has 0 bridgehead atoms. The van der Waals surface area contributed by atoms with Gasteiger partial charge in [-0.3, -0.25) is 0 Å². The van der Waals surface area contributed by atoms with E-state index in [0.29, 0.717) is 45.5 Å². The van der Waals surface area contributed by atoms with Gasteiger partial charge in [0.05, 0.1) is 0 Å². The Labute approximate surface area is 161 Å². The molecule has 0 aliphatic heterocycles. The molecule has 0 saturated heterocycles. The summed E-state index contributed by atoms with van der Waals surface area (Å²) in [6.45, 7) is 7.94. The van der Waals surface area contributed by atoms with E-state index in [0.717, 1.165) is 5.52 Å². The highest BCUT2D eigenvalue weighted by molar-refractivity contribution is 6.31. The van der Waals surface area contributed by atoms with Gasteiger partial charge in [-0.1, -0.05) is 39.3 Å². The molecule has 4 nitrogen and oxygen atoms in total. The molecule has 0 N–H and O–H groups in total. The van der Waals surface area contributed by atoms with Gasteiger partial charge in [0.1, 0.15) is 16.9 Å². The molecule has 4 rings (SSSR count). The molecule has 0 saturated carbocycles. The minimum atomic E-state index is -0.509. The van der Waals surface area contributed by atoms with Crippen LogP contribution in [0.5, 0.6) is 0 Å². The van der Waals surface area contributed by atoms with Gasteiger partial charge in [0.25, 0.3) is 0 Å². The highest BCUT2D eigenvalue weighted by Gasteiger charge is 2.29. The first-order valence-corrected chi connectivity index (χ1v) is 9.26. The van der Waals surface area contributed by atoms with Gasteiger partial charge in [0.15, 0.2) is 17.1 Å². The van der Waals surface area contributed by atoms with Crippen molar-refractivity contribution in [3.05, 3.63) is 58.5 Å². The molecule has 27 heavy (non-hydrogen) atoms. The van der Waals surface area contributed by atoms with Crippen molar-refractivity contribution in [2.75, 3.05) is 0 Å². The summed E-state index contributed by atoms with van der Waals surface area (Å²) in [7, 11) is 0. The van der Waals surface area contributed by atoms with Crippen LogP contribution in [-0.4, -0.2) is 9.97 Å². The van der Waals surface area contributed by atoms with Crippen molar-refractivity contribution in [2.45, 2.75) is 45.4 Å². The second-order valence-electron chi connectivity index (χ2n) is 7.81. The molecule has 0 aliphatic rings. The maximum absolute atomic E-state index is 14.7. The maximum atomic E-state index is 14.7. The summed E-state index contributed by atoms with van der Waals surface area (Å²) in [4.78, 5) is 9.03. The van der Waals surface area contributed by atoms with Gasteiger partial charge in [0.2, 0.25) is 5.89 Å². The van der Waals surface area contributed by atoms with E-state index in [1.165, 1.54) is 6.07 Å². The summed E-state index contributed by atoms with van der Waals surface area (Å²) < 4.78 is 26.2. The first-order chi connectivity index (χ1) is 12.7. The van der Waals surface area contributed by atoms with Crippen LogP contribution in [0.25, 0.3) is 22.2 Å². The van der Waals surface area contributed by atoms with Crippen LogP contribution < -0.4 is 0 Å². The first-order valence-electron chi connectivity index (χ1n) is 8.88. The number of fused-ring (bicyclic) bond motifs is 2. The minimum absolute atomic E-state index is 0.145. The zero-order valence-electron chi connectivity index (χ0n) is 15.6. The molecule has 2 heterocycles. The lowest BCUT2D eigenvalue weighted by Crippen LogP contribution is -2.21. The number of nitrogens with zero attached hydrogens (tertiary/aromatic N) is 2. The van der Waals surface area contributed by atoms with Gasteiger partial charge in [-0.2, -0.15) is 0 Å². The van der Waals surface area contributed by atoms with E-state index in [4.69, 9.17) is 20.4 Å². The van der Waals surface area contributed by atoms with Crippen LogP contribution in [0.15, 0.2) is 39.2 Å². The van der Waals surface area contributed by atoms with E-state index >= 15 is 0 Å². The molecule has 6 heteroatoms. The number of halogens is 2. The second kappa shape index (κ2) is 6.34. The molecular formula is C21H20ClFN2O2. The molecule has 2 aromatic carbocycles. The van der Waals surface area contributed by atoms with Gasteiger partial charge in [-0.25, -0.2) is 14.4 Å². The van der Waals surface area contributed by atoms with E-state index in [9.17, 15) is 4.39 Å². The van der Waals surface area contributed by atoms with Gasteiger partial charge < -0.3 is 8.83 Å². The van der Waals surface area contributed by atoms with Gasteiger partial charge >= 0.3 is 0 Å². The van der Waals surface area contributed by atoms with Crippen molar-refractivity contribution in [3.63, 3.8) is 0 Å². The molecule has 140 valence electrons. The first kappa shape index (κ1) is 18.0. The molecule has 2 aromatic heterocycles. The Bertz CT molecular complexity index is 1140. The molecule has 0 unspecified atom stereocenters. The van der Waals surface area contributed by atoms with E-state index in [1.54, 1.807) is 18.2 Å². The predicted molar refractivity (Wildman–Crippen MR) is 104 cm³/mol. The number of oxazole rings is 2. The fraction of sp³-hybridized carbons (Fsp3) is 0.333. The monoisotopic (exact) mass is 386 g/mol. The lowest BCUT2D eigenvalue weighted by atomic mass is 9.85. The summed E-state index contributed by atoms with van der Waals surface area (Å²) in [5.74, 6) is 0.979. The molecule has 0 atom stereocenters. The highest BCUT2D eigenvalue weighted by atomic mass is 35.5. The molecule has 0 radical (unpaired) electrons. The van der Waals surface area contributed by atoms with E-state index < -0.39 is 5.41 Å². The number of benzene rings is 2. The Morgan fingerprint density at radius 2 is 1.78 bits per heavy atom. The number of hydrogen-bond acceptors (Lipinski definition) is 4. The van der Waals surface area contributed by atoms with E-state index in [-0.39, 0.29) is 11.7 Å². The van der Waals surface area contributed by atoms with Gasteiger partial charge in [-0.15, -0.1) is 0 Å². The van der Waals surface area contributed by atoms with Crippen LogP contribution in [0, 0.1) is 5.82 Å². The van der Waals surface area contributed by atoms with Crippen LogP contribution in [0.1, 0.15) is 51.0 Å². The van der Waals surface area contributed by atoms with Crippen LogP contribution in [0.2, 0.25) is 5.02 Å². The Morgan fingerprint density at radius 1 is 1.04 bits per heavy atom. The second-order valence-corrected chi connectivity index (χ2v) is 8.25. The number of aromatic nitrogens is 2. The lowest BCUT2D eigenvalue weighted by molar-refractivity contribution is 0.377. The van der Waals surface area contributed by atoms with Crippen LogP contribution >= 0.6 is 11.6 Å². The summed E-state index contributed by atoms with van der Waals surface area (Å²) in [5, 5.41) is 0.589. The SMILES string of the molecule is CC(C)c1nc2cc(CC(C)(C)c3nc4ccc(Cl)cc4o3)c(F)cc2o1. The van der Waals surface area contributed by atoms with Crippen LogP contribution in [-0.2, 0) is 11.8 Å². The Balaban J connectivity index is 1.71. The summed E-state index contributed by atoms with van der Waals surface area (Å²) in [6, 6.07) is 8.48. The van der Waals surface area contributed by atoms with Gasteiger partial charge in [0, 0.05) is 28.5 Å². The lowest BCUT2D eigenvalue weighted by Gasteiger charge is -2.20. The van der Waals surface area contributed by atoms with Crippen molar-refractivity contribution >= 4 is 33.8 Å². The molecule has 0 spiro atoms.